The highest BCUT2D eigenvalue weighted by molar-refractivity contribution is 5.96. The predicted molar refractivity (Wildman–Crippen MR) is 102 cm³/mol. The summed E-state index contributed by atoms with van der Waals surface area (Å²) < 4.78 is 4.67. The van der Waals surface area contributed by atoms with Crippen molar-refractivity contribution in [1.29, 1.82) is 0 Å². The molecule has 0 aliphatic heterocycles. The third-order valence-corrected chi connectivity index (χ3v) is 4.90. The molecule has 0 saturated carbocycles. The molecule has 0 radical (unpaired) electrons. The Hall–Kier alpha value is -2.74. The van der Waals surface area contributed by atoms with Crippen LogP contribution in [0.15, 0.2) is 60.7 Å². The van der Waals surface area contributed by atoms with Crippen molar-refractivity contribution in [2.24, 2.45) is 0 Å². The van der Waals surface area contributed by atoms with Crippen molar-refractivity contribution in [3.05, 3.63) is 83.4 Å². The smallest absolute Gasteiger partial charge is 0.0534 e. The van der Waals surface area contributed by atoms with E-state index in [-0.39, 0.29) is 0 Å². The lowest BCUT2D eigenvalue weighted by Gasteiger charge is -2.17. The zero-order valence-electron chi connectivity index (χ0n) is 14.7. The average Bonchev–Trinajstić information content (AvgIpc) is 3.08. The molecule has 0 N–H and O–H groups in total. The first-order valence-electron chi connectivity index (χ1n) is 8.40. The van der Waals surface area contributed by atoms with Crippen molar-refractivity contribution in [3.8, 4) is 11.4 Å². The van der Waals surface area contributed by atoms with Crippen molar-refractivity contribution < 1.29 is 0 Å². The lowest BCUT2D eigenvalue weighted by atomic mass is 10.1. The molecule has 4 aromatic rings. The van der Waals surface area contributed by atoms with Gasteiger partial charge in [-0.2, -0.15) is 0 Å². The van der Waals surface area contributed by atoms with Gasteiger partial charge < -0.3 is 9.13 Å². The van der Waals surface area contributed by atoms with Gasteiger partial charge in [0.1, 0.15) is 0 Å². The summed E-state index contributed by atoms with van der Waals surface area (Å²) in [4.78, 5) is 0. The fourth-order valence-corrected chi connectivity index (χ4v) is 3.76. The van der Waals surface area contributed by atoms with Gasteiger partial charge >= 0.3 is 0 Å². The minimum atomic E-state index is 1.25. The molecule has 0 aliphatic rings. The lowest BCUT2D eigenvalue weighted by molar-refractivity contribution is 0.966. The van der Waals surface area contributed by atoms with Gasteiger partial charge in [0.15, 0.2) is 0 Å². The van der Waals surface area contributed by atoms with E-state index in [1.165, 1.54) is 44.9 Å². The second-order valence-corrected chi connectivity index (χ2v) is 6.55. The van der Waals surface area contributed by atoms with E-state index in [0.29, 0.717) is 0 Å². The number of hydrogen-bond acceptors (Lipinski definition) is 0. The summed E-state index contributed by atoms with van der Waals surface area (Å²) in [7, 11) is 0. The van der Waals surface area contributed by atoms with Crippen LogP contribution in [0.4, 0.5) is 0 Å². The summed E-state index contributed by atoms with van der Waals surface area (Å²) >= 11 is 0. The molecule has 0 atom stereocenters. The van der Waals surface area contributed by atoms with Gasteiger partial charge in [0, 0.05) is 33.5 Å². The molecule has 0 saturated heterocycles. The van der Waals surface area contributed by atoms with E-state index < -0.39 is 0 Å². The highest BCUT2D eigenvalue weighted by Crippen LogP contribution is 2.30. The van der Waals surface area contributed by atoms with Gasteiger partial charge in [-0.3, -0.25) is 0 Å². The Morgan fingerprint density at radius 1 is 0.458 bits per heavy atom. The van der Waals surface area contributed by atoms with Crippen molar-refractivity contribution >= 4 is 10.8 Å². The summed E-state index contributed by atoms with van der Waals surface area (Å²) in [6.07, 6.45) is 0. The van der Waals surface area contributed by atoms with E-state index in [2.05, 4.69) is 97.5 Å². The molecular formula is C22H22N2. The largest absolute Gasteiger partial charge is 0.318 e. The van der Waals surface area contributed by atoms with Gasteiger partial charge in [-0.1, -0.05) is 24.3 Å². The number of aromatic nitrogens is 2. The number of hydrogen-bond donors (Lipinski definition) is 0. The first kappa shape index (κ1) is 14.8. The van der Waals surface area contributed by atoms with Crippen LogP contribution in [0.5, 0.6) is 0 Å². The minimum Gasteiger partial charge on any atom is -0.318 e. The van der Waals surface area contributed by atoms with Gasteiger partial charge in [-0.15, -0.1) is 0 Å². The fraction of sp³-hybridized carbons (Fsp3) is 0.182. The summed E-state index contributed by atoms with van der Waals surface area (Å²) in [5.74, 6) is 0. The van der Waals surface area contributed by atoms with Crippen LogP contribution in [0.2, 0.25) is 0 Å². The standard InChI is InChI=1S/C22H22N2/c1-15-11-12-16(2)23(15)21-9-5-8-20-19(21)7-6-10-22(20)24-17(3)13-14-18(24)4/h5-14H,1-4H3. The van der Waals surface area contributed by atoms with Gasteiger partial charge in [-0.05, 0) is 64.1 Å². The Morgan fingerprint density at radius 3 is 1.12 bits per heavy atom. The van der Waals surface area contributed by atoms with Crippen molar-refractivity contribution in [2.45, 2.75) is 27.7 Å². The molecule has 0 fully saturated rings. The fourth-order valence-electron chi connectivity index (χ4n) is 3.76. The molecular weight excluding hydrogens is 292 g/mol. The number of benzene rings is 2. The molecule has 0 unspecified atom stereocenters. The highest BCUT2D eigenvalue weighted by Gasteiger charge is 2.12. The van der Waals surface area contributed by atoms with Crippen molar-refractivity contribution in [1.82, 2.24) is 9.13 Å². The summed E-state index contributed by atoms with van der Waals surface area (Å²) in [5.41, 5.74) is 7.54. The quantitative estimate of drug-likeness (QED) is 0.452. The van der Waals surface area contributed by atoms with E-state index in [9.17, 15) is 0 Å². The second kappa shape index (κ2) is 5.41. The van der Waals surface area contributed by atoms with Gasteiger partial charge in [0.2, 0.25) is 0 Å². The van der Waals surface area contributed by atoms with E-state index in [4.69, 9.17) is 0 Å². The molecule has 2 heteroatoms. The van der Waals surface area contributed by atoms with Crippen LogP contribution in [-0.4, -0.2) is 9.13 Å². The molecule has 4 rings (SSSR count). The SMILES string of the molecule is Cc1ccc(C)n1-c1cccc2c(-n3c(C)ccc3C)cccc12. The second-order valence-electron chi connectivity index (χ2n) is 6.55. The van der Waals surface area contributed by atoms with Crippen LogP contribution in [-0.2, 0) is 0 Å². The first-order valence-corrected chi connectivity index (χ1v) is 8.40. The molecule has 0 spiro atoms. The van der Waals surface area contributed by atoms with E-state index in [0.717, 1.165) is 0 Å². The number of aryl methyl sites for hydroxylation is 4. The maximum absolute atomic E-state index is 2.33. The minimum absolute atomic E-state index is 1.25. The molecule has 0 amide bonds. The normalized spacial score (nSPS) is 11.3. The van der Waals surface area contributed by atoms with E-state index >= 15 is 0 Å². The number of rotatable bonds is 2. The van der Waals surface area contributed by atoms with Crippen LogP contribution < -0.4 is 0 Å². The highest BCUT2D eigenvalue weighted by atomic mass is 15.0. The molecule has 2 heterocycles. The lowest BCUT2D eigenvalue weighted by Crippen LogP contribution is -2.02. The average molecular weight is 314 g/mol. The van der Waals surface area contributed by atoms with Crippen LogP contribution in [0.3, 0.4) is 0 Å². The number of fused-ring (bicyclic) bond motifs is 1. The Bertz CT molecular complexity index is 923. The monoisotopic (exact) mass is 314 g/mol. The van der Waals surface area contributed by atoms with Crippen LogP contribution in [0, 0.1) is 27.7 Å². The van der Waals surface area contributed by atoms with Crippen molar-refractivity contribution in [3.63, 3.8) is 0 Å². The van der Waals surface area contributed by atoms with Crippen LogP contribution >= 0.6 is 0 Å². The molecule has 120 valence electrons. The van der Waals surface area contributed by atoms with Crippen LogP contribution in [0.1, 0.15) is 22.8 Å². The molecule has 0 aliphatic carbocycles. The molecule has 0 bridgehead atoms. The Morgan fingerprint density at radius 2 is 0.792 bits per heavy atom. The third-order valence-electron chi connectivity index (χ3n) is 4.90. The topological polar surface area (TPSA) is 9.86 Å². The predicted octanol–water partition coefficient (Wildman–Crippen LogP) is 5.65. The summed E-state index contributed by atoms with van der Waals surface area (Å²) in [6, 6.07) is 21.9. The Labute approximate surface area is 143 Å². The van der Waals surface area contributed by atoms with Crippen molar-refractivity contribution in [2.75, 3.05) is 0 Å². The Balaban J connectivity index is 2.06. The summed E-state index contributed by atoms with van der Waals surface area (Å²) in [5, 5.41) is 2.56. The zero-order chi connectivity index (χ0) is 16.8. The zero-order valence-corrected chi connectivity index (χ0v) is 14.7. The van der Waals surface area contributed by atoms with E-state index in [1.54, 1.807) is 0 Å². The molecule has 24 heavy (non-hydrogen) atoms. The third kappa shape index (κ3) is 2.10. The maximum atomic E-state index is 2.33. The van der Waals surface area contributed by atoms with Gasteiger partial charge in [0.25, 0.3) is 0 Å². The van der Waals surface area contributed by atoms with Crippen LogP contribution in [0.25, 0.3) is 22.1 Å². The first-order chi connectivity index (χ1) is 11.6. The molecule has 2 aromatic heterocycles. The number of nitrogens with zero attached hydrogens (tertiary/aromatic N) is 2. The molecule has 2 nitrogen and oxygen atoms in total. The Kier molecular flexibility index (Phi) is 3.34. The molecule has 2 aromatic carbocycles. The van der Waals surface area contributed by atoms with Gasteiger partial charge in [-0.25, -0.2) is 0 Å². The summed E-state index contributed by atoms with van der Waals surface area (Å²) in [6.45, 7) is 8.65. The van der Waals surface area contributed by atoms with E-state index in [1.807, 2.05) is 0 Å². The maximum Gasteiger partial charge on any atom is 0.0534 e. The van der Waals surface area contributed by atoms with Gasteiger partial charge in [0.05, 0.1) is 11.4 Å².